The molecule has 5 heteroatoms. The lowest BCUT2D eigenvalue weighted by Crippen LogP contribution is -1.97. The average Bonchev–Trinajstić information content (AvgIpc) is 3.00. The van der Waals surface area contributed by atoms with Gasteiger partial charge in [-0.15, -0.1) is 0 Å². The van der Waals surface area contributed by atoms with E-state index in [1.807, 2.05) is 12.1 Å². The molecule has 3 aromatic carbocycles. The van der Waals surface area contributed by atoms with Crippen molar-refractivity contribution in [1.82, 2.24) is 9.78 Å². The normalized spacial score (nSPS) is 11.4. The molecule has 4 aromatic rings. The minimum Gasteiger partial charge on any atom is -0.508 e. The molecule has 0 aliphatic rings. The first-order valence-electron chi connectivity index (χ1n) is 8.78. The van der Waals surface area contributed by atoms with E-state index < -0.39 is 0 Å². The lowest BCUT2D eigenvalue weighted by atomic mass is 10.0. The van der Waals surface area contributed by atoms with E-state index in [-0.39, 0.29) is 17.2 Å². The standard InChI is InChI=1S/C22H20N2O3/c1-13(2)14-3-5-15(6-4-14)24-20-11-16(25)7-9-18(20)22(23-24)19-10-8-17(26)12-21(19)27/h3-13,25-27H,1-2H3. The molecule has 4 rings (SSSR count). The van der Waals surface area contributed by atoms with Crippen LogP contribution in [0.1, 0.15) is 25.3 Å². The van der Waals surface area contributed by atoms with Gasteiger partial charge in [0.2, 0.25) is 0 Å². The van der Waals surface area contributed by atoms with Crippen molar-refractivity contribution in [2.24, 2.45) is 0 Å². The van der Waals surface area contributed by atoms with Gasteiger partial charge in [0.15, 0.2) is 0 Å². The summed E-state index contributed by atoms with van der Waals surface area (Å²) < 4.78 is 1.75. The fourth-order valence-electron chi connectivity index (χ4n) is 3.22. The Bertz CT molecular complexity index is 1130. The Morgan fingerprint density at radius 1 is 0.815 bits per heavy atom. The second-order valence-corrected chi connectivity index (χ2v) is 6.91. The summed E-state index contributed by atoms with van der Waals surface area (Å²) in [4.78, 5) is 0. The van der Waals surface area contributed by atoms with Gasteiger partial charge >= 0.3 is 0 Å². The van der Waals surface area contributed by atoms with Gasteiger partial charge in [0, 0.05) is 23.1 Å². The molecule has 3 N–H and O–H groups in total. The summed E-state index contributed by atoms with van der Waals surface area (Å²) in [6, 6.07) is 17.6. The van der Waals surface area contributed by atoms with Crippen LogP contribution in [0.25, 0.3) is 27.8 Å². The van der Waals surface area contributed by atoms with Crippen LogP contribution in [0.2, 0.25) is 0 Å². The summed E-state index contributed by atoms with van der Waals surface area (Å²) >= 11 is 0. The quantitative estimate of drug-likeness (QED) is 0.484. The van der Waals surface area contributed by atoms with E-state index in [0.717, 1.165) is 16.6 Å². The molecular weight excluding hydrogens is 340 g/mol. The molecule has 0 aliphatic carbocycles. The second kappa shape index (κ2) is 6.36. The highest BCUT2D eigenvalue weighted by Crippen LogP contribution is 2.37. The number of benzene rings is 3. The van der Waals surface area contributed by atoms with Crippen molar-refractivity contribution >= 4 is 10.9 Å². The second-order valence-electron chi connectivity index (χ2n) is 6.91. The number of aromatic hydroxyl groups is 3. The fraction of sp³-hybridized carbons (Fsp3) is 0.136. The lowest BCUT2D eigenvalue weighted by Gasteiger charge is -2.08. The number of aromatic nitrogens is 2. The van der Waals surface area contributed by atoms with Crippen LogP contribution in [0.5, 0.6) is 17.2 Å². The van der Waals surface area contributed by atoms with Crippen LogP contribution in [0.4, 0.5) is 0 Å². The summed E-state index contributed by atoms with van der Waals surface area (Å²) in [7, 11) is 0. The summed E-state index contributed by atoms with van der Waals surface area (Å²) in [5, 5.41) is 35.3. The van der Waals surface area contributed by atoms with E-state index in [9.17, 15) is 15.3 Å². The predicted octanol–water partition coefficient (Wildman–Crippen LogP) is 4.93. The highest BCUT2D eigenvalue weighted by Gasteiger charge is 2.17. The summed E-state index contributed by atoms with van der Waals surface area (Å²) in [5.41, 5.74) is 3.92. The van der Waals surface area contributed by atoms with Gasteiger partial charge in [0.1, 0.15) is 22.9 Å². The first-order valence-corrected chi connectivity index (χ1v) is 8.78. The van der Waals surface area contributed by atoms with E-state index in [1.165, 1.54) is 17.7 Å². The molecule has 0 amide bonds. The number of phenolic OH excluding ortho intramolecular Hbond substituents is 3. The van der Waals surface area contributed by atoms with Crippen molar-refractivity contribution in [3.05, 3.63) is 66.2 Å². The molecule has 0 saturated carbocycles. The third-order valence-electron chi connectivity index (χ3n) is 4.71. The van der Waals surface area contributed by atoms with Gasteiger partial charge in [-0.3, -0.25) is 0 Å². The Kier molecular flexibility index (Phi) is 4.00. The highest BCUT2D eigenvalue weighted by atomic mass is 16.3. The van der Waals surface area contributed by atoms with Crippen molar-refractivity contribution < 1.29 is 15.3 Å². The molecule has 0 unspecified atom stereocenters. The number of fused-ring (bicyclic) bond motifs is 1. The van der Waals surface area contributed by atoms with Gasteiger partial charge in [-0.1, -0.05) is 26.0 Å². The number of nitrogens with zero attached hydrogens (tertiary/aromatic N) is 2. The van der Waals surface area contributed by atoms with Crippen molar-refractivity contribution in [3.8, 4) is 34.2 Å². The number of hydrogen-bond donors (Lipinski definition) is 3. The van der Waals surface area contributed by atoms with Crippen LogP contribution >= 0.6 is 0 Å². The zero-order valence-electron chi connectivity index (χ0n) is 15.1. The molecule has 0 saturated heterocycles. The minimum atomic E-state index is -0.0511. The molecule has 0 spiro atoms. The highest BCUT2D eigenvalue weighted by molar-refractivity contribution is 5.96. The maximum Gasteiger partial charge on any atom is 0.128 e. The van der Waals surface area contributed by atoms with Crippen LogP contribution in [0.15, 0.2) is 60.7 Å². The first-order chi connectivity index (χ1) is 12.9. The summed E-state index contributed by atoms with van der Waals surface area (Å²) in [5.74, 6) is 0.512. The van der Waals surface area contributed by atoms with Gasteiger partial charge in [-0.25, -0.2) is 4.68 Å². The molecule has 5 nitrogen and oxygen atoms in total. The molecule has 27 heavy (non-hydrogen) atoms. The van der Waals surface area contributed by atoms with E-state index >= 15 is 0 Å². The Labute approximate surface area is 156 Å². The third kappa shape index (κ3) is 2.97. The zero-order chi connectivity index (χ0) is 19.1. The molecule has 0 aliphatic heterocycles. The summed E-state index contributed by atoms with van der Waals surface area (Å²) in [6.45, 7) is 4.28. The Balaban J connectivity index is 1.95. The third-order valence-corrected chi connectivity index (χ3v) is 4.71. The van der Waals surface area contributed by atoms with Crippen molar-refractivity contribution in [1.29, 1.82) is 0 Å². The van der Waals surface area contributed by atoms with Crippen LogP contribution in [-0.2, 0) is 0 Å². The van der Waals surface area contributed by atoms with E-state index in [2.05, 4.69) is 26.0 Å². The maximum absolute atomic E-state index is 10.3. The van der Waals surface area contributed by atoms with Gasteiger partial charge < -0.3 is 15.3 Å². The number of hydrogen-bond acceptors (Lipinski definition) is 4. The van der Waals surface area contributed by atoms with Crippen molar-refractivity contribution in [2.45, 2.75) is 19.8 Å². The Hall–Kier alpha value is -3.47. The van der Waals surface area contributed by atoms with Gasteiger partial charge in [-0.05, 0) is 47.9 Å². The molecule has 136 valence electrons. The maximum atomic E-state index is 10.3. The molecule has 0 atom stereocenters. The predicted molar refractivity (Wildman–Crippen MR) is 106 cm³/mol. The molecule has 0 fully saturated rings. The average molecular weight is 360 g/mol. The zero-order valence-corrected chi connectivity index (χ0v) is 15.1. The van der Waals surface area contributed by atoms with Gasteiger partial charge in [0.25, 0.3) is 0 Å². The van der Waals surface area contributed by atoms with E-state index in [0.29, 0.717) is 17.2 Å². The van der Waals surface area contributed by atoms with Crippen LogP contribution < -0.4 is 0 Å². The summed E-state index contributed by atoms with van der Waals surface area (Å²) in [6.07, 6.45) is 0. The first kappa shape index (κ1) is 17.0. The monoisotopic (exact) mass is 360 g/mol. The van der Waals surface area contributed by atoms with Crippen LogP contribution in [-0.4, -0.2) is 25.1 Å². The minimum absolute atomic E-state index is 0.0121. The largest absolute Gasteiger partial charge is 0.508 e. The van der Waals surface area contributed by atoms with E-state index in [4.69, 9.17) is 5.10 Å². The molecule has 1 heterocycles. The van der Waals surface area contributed by atoms with E-state index in [1.54, 1.807) is 28.9 Å². The topological polar surface area (TPSA) is 78.5 Å². The smallest absolute Gasteiger partial charge is 0.128 e. The number of phenols is 3. The molecule has 0 bridgehead atoms. The van der Waals surface area contributed by atoms with Crippen molar-refractivity contribution in [2.75, 3.05) is 0 Å². The van der Waals surface area contributed by atoms with Gasteiger partial charge in [-0.2, -0.15) is 5.10 Å². The van der Waals surface area contributed by atoms with Crippen LogP contribution in [0, 0.1) is 0 Å². The molecular formula is C22H20N2O3. The fourth-order valence-corrected chi connectivity index (χ4v) is 3.22. The molecule has 1 aromatic heterocycles. The lowest BCUT2D eigenvalue weighted by molar-refractivity contribution is 0.451. The van der Waals surface area contributed by atoms with Crippen molar-refractivity contribution in [3.63, 3.8) is 0 Å². The molecule has 0 radical (unpaired) electrons. The number of rotatable bonds is 3. The Morgan fingerprint density at radius 2 is 1.48 bits per heavy atom. The Morgan fingerprint density at radius 3 is 2.15 bits per heavy atom. The SMILES string of the molecule is CC(C)c1ccc(-n2nc(-c3ccc(O)cc3O)c3ccc(O)cc32)cc1. The van der Waals surface area contributed by atoms with Crippen LogP contribution in [0.3, 0.4) is 0 Å². The van der Waals surface area contributed by atoms with Gasteiger partial charge in [0.05, 0.1) is 11.2 Å².